The van der Waals surface area contributed by atoms with Crippen molar-refractivity contribution in [2.45, 2.75) is 32.8 Å². The summed E-state index contributed by atoms with van der Waals surface area (Å²) in [5.74, 6) is -0.0463. The van der Waals surface area contributed by atoms with Crippen molar-refractivity contribution < 1.29 is 13.9 Å². The van der Waals surface area contributed by atoms with E-state index in [1.165, 1.54) is 12.1 Å². The van der Waals surface area contributed by atoms with Crippen LogP contribution < -0.4 is 0 Å². The summed E-state index contributed by atoms with van der Waals surface area (Å²) in [5.41, 5.74) is 1.75. The number of carbonyl (C=O) groups is 1. The van der Waals surface area contributed by atoms with Gasteiger partial charge in [0.1, 0.15) is 11.6 Å². The maximum Gasteiger partial charge on any atom is 0.142 e. The van der Waals surface area contributed by atoms with Crippen molar-refractivity contribution in [1.82, 2.24) is 0 Å². The summed E-state index contributed by atoms with van der Waals surface area (Å²) in [6.45, 7) is 4.34. The van der Waals surface area contributed by atoms with Gasteiger partial charge in [0.15, 0.2) is 0 Å². The highest BCUT2D eigenvalue weighted by molar-refractivity contribution is 5.83. The molecule has 1 aromatic carbocycles. The number of rotatable bonds is 3. The lowest BCUT2D eigenvalue weighted by Crippen LogP contribution is -2.17. The van der Waals surface area contributed by atoms with Gasteiger partial charge in [-0.3, -0.25) is 4.79 Å². The van der Waals surface area contributed by atoms with Crippen molar-refractivity contribution >= 4 is 5.78 Å². The van der Waals surface area contributed by atoms with Gasteiger partial charge in [-0.15, -0.1) is 0 Å². The minimum atomic E-state index is -0.253. The van der Waals surface area contributed by atoms with E-state index in [1.807, 2.05) is 13.8 Å². The van der Waals surface area contributed by atoms with E-state index in [9.17, 15) is 9.18 Å². The second-order valence-electron chi connectivity index (χ2n) is 4.79. The summed E-state index contributed by atoms with van der Waals surface area (Å²) < 4.78 is 18.3. The van der Waals surface area contributed by atoms with Gasteiger partial charge in [0.25, 0.3) is 0 Å². The van der Waals surface area contributed by atoms with Gasteiger partial charge in [-0.1, -0.05) is 6.07 Å². The Morgan fingerprint density at radius 1 is 1.53 bits per heavy atom. The highest BCUT2D eigenvalue weighted by Gasteiger charge is 2.28. The van der Waals surface area contributed by atoms with E-state index in [0.29, 0.717) is 13.0 Å². The third-order valence-electron chi connectivity index (χ3n) is 3.32. The Labute approximate surface area is 101 Å². The molecule has 0 saturated carbocycles. The first-order chi connectivity index (χ1) is 8.06. The lowest BCUT2D eigenvalue weighted by Gasteiger charge is -2.09. The van der Waals surface area contributed by atoms with E-state index in [0.717, 1.165) is 17.5 Å². The number of aryl methyl sites for hydroxylation is 1. The zero-order valence-corrected chi connectivity index (χ0v) is 10.2. The van der Waals surface area contributed by atoms with Gasteiger partial charge < -0.3 is 4.74 Å². The maximum absolute atomic E-state index is 12.9. The van der Waals surface area contributed by atoms with Gasteiger partial charge in [-0.2, -0.15) is 0 Å². The average Bonchev–Trinajstić information content (AvgIpc) is 2.69. The van der Waals surface area contributed by atoms with Crippen LogP contribution in [0.4, 0.5) is 4.39 Å². The summed E-state index contributed by atoms with van der Waals surface area (Å²) in [6.07, 6.45) is 1.37. The molecule has 1 heterocycles. The molecule has 17 heavy (non-hydrogen) atoms. The molecule has 2 rings (SSSR count). The molecule has 0 aromatic heterocycles. The van der Waals surface area contributed by atoms with E-state index in [2.05, 4.69) is 0 Å². The molecule has 2 unspecified atom stereocenters. The predicted octanol–water partition coefficient (Wildman–Crippen LogP) is 2.67. The van der Waals surface area contributed by atoms with Crippen LogP contribution in [-0.2, 0) is 16.0 Å². The molecule has 0 spiro atoms. The van der Waals surface area contributed by atoms with Gasteiger partial charge >= 0.3 is 0 Å². The Balaban J connectivity index is 2.03. The quantitative estimate of drug-likeness (QED) is 0.806. The standard InChI is InChI=1S/C14H17FO2/c1-9-5-13(15)4-3-11(9)7-14(16)12-6-10(2)17-8-12/h3-5,10,12H,6-8H2,1-2H3. The fourth-order valence-electron chi connectivity index (χ4n) is 2.23. The van der Waals surface area contributed by atoms with Gasteiger partial charge in [0, 0.05) is 12.3 Å². The van der Waals surface area contributed by atoms with Crippen LogP contribution in [0.2, 0.25) is 0 Å². The molecule has 0 aliphatic carbocycles. The minimum Gasteiger partial charge on any atom is -0.378 e. The summed E-state index contributed by atoms with van der Waals surface area (Å²) in [6, 6.07) is 4.57. The molecule has 0 N–H and O–H groups in total. The SMILES string of the molecule is Cc1cc(F)ccc1CC(=O)C1COC(C)C1. The Kier molecular flexibility index (Phi) is 3.57. The fraction of sp³-hybridized carbons (Fsp3) is 0.500. The topological polar surface area (TPSA) is 26.3 Å². The highest BCUT2D eigenvalue weighted by atomic mass is 19.1. The van der Waals surface area contributed by atoms with Gasteiger partial charge in [-0.25, -0.2) is 4.39 Å². The molecule has 1 saturated heterocycles. The predicted molar refractivity (Wildman–Crippen MR) is 63.4 cm³/mol. The first-order valence-corrected chi connectivity index (χ1v) is 5.95. The third kappa shape index (κ3) is 2.91. The molecule has 0 radical (unpaired) electrons. The zero-order chi connectivity index (χ0) is 12.4. The van der Waals surface area contributed by atoms with E-state index in [1.54, 1.807) is 6.07 Å². The molecule has 1 aromatic rings. The zero-order valence-electron chi connectivity index (χ0n) is 10.2. The number of ketones is 1. The van der Waals surface area contributed by atoms with Gasteiger partial charge in [-0.05, 0) is 43.5 Å². The Morgan fingerprint density at radius 3 is 2.88 bits per heavy atom. The number of ether oxygens (including phenoxy) is 1. The number of halogens is 1. The second-order valence-corrected chi connectivity index (χ2v) is 4.79. The van der Waals surface area contributed by atoms with Crippen molar-refractivity contribution in [2.24, 2.45) is 5.92 Å². The number of Topliss-reactive ketones (excluding diaryl/α,β-unsaturated/α-hetero) is 1. The first-order valence-electron chi connectivity index (χ1n) is 5.95. The van der Waals surface area contributed by atoms with E-state index in [4.69, 9.17) is 4.74 Å². The smallest absolute Gasteiger partial charge is 0.142 e. The van der Waals surface area contributed by atoms with Crippen molar-refractivity contribution in [3.63, 3.8) is 0 Å². The molecule has 2 nitrogen and oxygen atoms in total. The second kappa shape index (κ2) is 4.96. The molecular weight excluding hydrogens is 219 g/mol. The van der Waals surface area contributed by atoms with Crippen LogP contribution in [0.5, 0.6) is 0 Å². The first kappa shape index (κ1) is 12.2. The number of benzene rings is 1. The van der Waals surface area contributed by atoms with E-state index in [-0.39, 0.29) is 23.6 Å². The molecule has 2 atom stereocenters. The Bertz CT molecular complexity index is 428. The minimum absolute atomic E-state index is 0.00875. The van der Waals surface area contributed by atoms with Crippen LogP contribution in [0.1, 0.15) is 24.5 Å². The molecule has 3 heteroatoms. The van der Waals surface area contributed by atoms with Crippen LogP contribution in [0, 0.1) is 18.7 Å². The third-order valence-corrected chi connectivity index (χ3v) is 3.32. The molecule has 1 fully saturated rings. The molecule has 1 aliphatic rings. The molecule has 0 amide bonds. The van der Waals surface area contributed by atoms with Crippen LogP contribution in [0.25, 0.3) is 0 Å². The normalized spacial score (nSPS) is 23.9. The molecule has 92 valence electrons. The number of hydrogen-bond donors (Lipinski definition) is 0. The summed E-state index contributed by atoms with van der Waals surface area (Å²) >= 11 is 0. The monoisotopic (exact) mass is 236 g/mol. The van der Waals surface area contributed by atoms with Crippen LogP contribution in [-0.4, -0.2) is 18.5 Å². The van der Waals surface area contributed by atoms with Crippen molar-refractivity contribution in [2.75, 3.05) is 6.61 Å². The highest BCUT2D eigenvalue weighted by Crippen LogP contribution is 2.22. The molecule has 0 bridgehead atoms. The molecular formula is C14H17FO2. The summed E-state index contributed by atoms with van der Waals surface area (Å²) in [4.78, 5) is 12.0. The van der Waals surface area contributed by atoms with Crippen molar-refractivity contribution in [3.8, 4) is 0 Å². The van der Waals surface area contributed by atoms with E-state index >= 15 is 0 Å². The fourth-order valence-corrected chi connectivity index (χ4v) is 2.23. The maximum atomic E-state index is 12.9. The lowest BCUT2D eigenvalue weighted by atomic mass is 9.94. The summed E-state index contributed by atoms with van der Waals surface area (Å²) in [7, 11) is 0. The van der Waals surface area contributed by atoms with Crippen LogP contribution in [0.3, 0.4) is 0 Å². The lowest BCUT2D eigenvalue weighted by molar-refractivity contribution is -0.122. The van der Waals surface area contributed by atoms with Gasteiger partial charge in [0.05, 0.1) is 12.7 Å². The van der Waals surface area contributed by atoms with Crippen molar-refractivity contribution in [3.05, 3.63) is 35.1 Å². The number of carbonyl (C=O) groups excluding carboxylic acids is 1. The van der Waals surface area contributed by atoms with Crippen LogP contribution >= 0.6 is 0 Å². The Hall–Kier alpha value is -1.22. The van der Waals surface area contributed by atoms with Crippen molar-refractivity contribution in [1.29, 1.82) is 0 Å². The Morgan fingerprint density at radius 2 is 2.29 bits per heavy atom. The van der Waals surface area contributed by atoms with E-state index < -0.39 is 0 Å². The number of hydrogen-bond acceptors (Lipinski definition) is 2. The largest absolute Gasteiger partial charge is 0.378 e. The summed E-state index contributed by atoms with van der Waals surface area (Å²) in [5, 5.41) is 0. The molecule has 1 aliphatic heterocycles. The van der Waals surface area contributed by atoms with Crippen LogP contribution in [0.15, 0.2) is 18.2 Å². The van der Waals surface area contributed by atoms with Gasteiger partial charge in [0.2, 0.25) is 0 Å². The average molecular weight is 236 g/mol.